The highest BCUT2D eigenvalue weighted by Gasteiger charge is 2.34. The number of nitrogens with one attached hydrogen (secondary N) is 1. The maximum atomic E-state index is 14.0. The predicted octanol–water partition coefficient (Wildman–Crippen LogP) is 5.90. The number of benzene rings is 2. The van der Waals surface area contributed by atoms with E-state index in [1.807, 2.05) is 24.9 Å². The minimum absolute atomic E-state index is 0.0863. The molecule has 4 rings (SSSR count). The van der Waals surface area contributed by atoms with E-state index in [0.717, 1.165) is 36.7 Å². The van der Waals surface area contributed by atoms with Crippen LogP contribution in [0.4, 0.5) is 24.7 Å². The minimum atomic E-state index is -4.54. The van der Waals surface area contributed by atoms with Gasteiger partial charge in [-0.25, -0.2) is 4.98 Å². The highest BCUT2D eigenvalue weighted by molar-refractivity contribution is 6.04. The first-order valence-corrected chi connectivity index (χ1v) is 13.7. The summed E-state index contributed by atoms with van der Waals surface area (Å²) < 4.78 is 41.9. The van der Waals surface area contributed by atoms with Gasteiger partial charge in [-0.1, -0.05) is 37.8 Å². The van der Waals surface area contributed by atoms with Gasteiger partial charge in [0.2, 0.25) is 0 Å². The number of pyridine rings is 1. The van der Waals surface area contributed by atoms with Crippen molar-refractivity contribution in [3.05, 3.63) is 87.6 Å². The Morgan fingerprint density at radius 2 is 1.83 bits per heavy atom. The molecule has 1 aliphatic rings. The van der Waals surface area contributed by atoms with Crippen molar-refractivity contribution >= 4 is 17.4 Å². The number of likely N-dealkylation sites (N-methyl/N-ethyl adjacent to an activating group) is 1. The summed E-state index contributed by atoms with van der Waals surface area (Å²) in [6.45, 7) is 9.29. The molecule has 0 saturated carbocycles. The topological polar surface area (TPSA) is 74.5 Å². The fourth-order valence-corrected chi connectivity index (χ4v) is 4.72. The van der Waals surface area contributed by atoms with E-state index in [2.05, 4.69) is 40.9 Å². The van der Waals surface area contributed by atoms with Gasteiger partial charge < -0.3 is 16.0 Å². The summed E-state index contributed by atoms with van der Waals surface area (Å²) >= 11 is 0. The SMILES string of the molecule is CCC(C)c1cc(C#Cc2cc(C(=O)Nc3ccc(CN4CCN(C)CC4)c(C(F)(F)F)c3)ccc2C)cnc1N. The monoisotopic (exact) mass is 563 g/mol. The van der Waals surface area contributed by atoms with E-state index < -0.39 is 17.6 Å². The van der Waals surface area contributed by atoms with Crippen LogP contribution in [0.1, 0.15) is 69.9 Å². The van der Waals surface area contributed by atoms with Crippen molar-refractivity contribution in [2.75, 3.05) is 44.3 Å². The third-order valence-corrected chi connectivity index (χ3v) is 7.60. The highest BCUT2D eigenvalue weighted by Crippen LogP contribution is 2.35. The summed E-state index contributed by atoms with van der Waals surface area (Å²) in [7, 11) is 2.00. The fraction of sp³-hybridized carbons (Fsp3) is 0.375. The summed E-state index contributed by atoms with van der Waals surface area (Å²) in [5.41, 5.74) is 9.03. The molecule has 3 N–H and O–H groups in total. The summed E-state index contributed by atoms with van der Waals surface area (Å²) in [5, 5.41) is 2.63. The Kier molecular flexibility index (Phi) is 9.36. The van der Waals surface area contributed by atoms with E-state index in [4.69, 9.17) is 5.73 Å². The smallest absolute Gasteiger partial charge is 0.383 e. The fourth-order valence-electron chi connectivity index (χ4n) is 4.72. The number of hydrogen-bond donors (Lipinski definition) is 2. The van der Waals surface area contributed by atoms with Gasteiger partial charge in [0.15, 0.2) is 0 Å². The lowest BCUT2D eigenvalue weighted by molar-refractivity contribution is -0.138. The Hall–Kier alpha value is -3.87. The average molecular weight is 564 g/mol. The van der Waals surface area contributed by atoms with Gasteiger partial charge in [-0.15, -0.1) is 0 Å². The van der Waals surface area contributed by atoms with Crippen LogP contribution in [0.3, 0.4) is 0 Å². The van der Waals surface area contributed by atoms with Crippen LogP contribution in [0.5, 0.6) is 0 Å². The Labute approximate surface area is 239 Å². The van der Waals surface area contributed by atoms with Gasteiger partial charge in [0.25, 0.3) is 5.91 Å². The highest BCUT2D eigenvalue weighted by atomic mass is 19.4. The van der Waals surface area contributed by atoms with E-state index in [1.165, 1.54) is 12.1 Å². The van der Waals surface area contributed by atoms with Crippen molar-refractivity contribution < 1.29 is 18.0 Å². The second-order valence-corrected chi connectivity index (χ2v) is 10.7. The number of rotatable bonds is 6. The van der Waals surface area contributed by atoms with E-state index in [-0.39, 0.29) is 23.7 Å². The van der Waals surface area contributed by atoms with Crippen LogP contribution < -0.4 is 11.1 Å². The van der Waals surface area contributed by atoms with Crippen molar-refractivity contribution in [3.63, 3.8) is 0 Å². The van der Waals surface area contributed by atoms with Crippen LogP contribution in [0.25, 0.3) is 0 Å². The van der Waals surface area contributed by atoms with Crippen molar-refractivity contribution in [3.8, 4) is 11.8 Å². The molecule has 3 aromatic rings. The molecule has 2 heterocycles. The van der Waals surface area contributed by atoms with Gasteiger partial charge in [0.05, 0.1) is 5.56 Å². The van der Waals surface area contributed by atoms with E-state index >= 15 is 0 Å². The Morgan fingerprint density at radius 1 is 1.10 bits per heavy atom. The molecule has 41 heavy (non-hydrogen) atoms. The quantitative estimate of drug-likeness (QED) is 0.365. The first-order chi connectivity index (χ1) is 19.4. The van der Waals surface area contributed by atoms with Crippen molar-refractivity contribution in [1.82, 2.24) is 14.8 Å². The number of piperazine rings is 1. The van der Waals surface area contributed by atoms with E-state index in [1.54, 1.807) is 24.4 Å². The number of nitrogen functional groups attached to an aromatic ring is 1. The number of halogens is 3. The van der Waals surface area contributed by atoms with Gasteiger partial charge in [0.1, 0.15) is 5.82 Å². The molecule has 1 aromatic heterocycles. The Morgan fingerprint density at radius 3 is 2.51 bits per heavy atom. The zero-order valence-corrected chi connectivity index (χ0v) is 23.9. The molecule has 216 valence electrons. The zero-order chi connectivity index (χ0) is 29.7. The Bertz CT molecular complexity index is 1470. The second kappa shape index (κ2) is 12.8. The summed E-state index contributed by atoms with van der Waals surface area (Å²) in [5.74, 6) is 6.42. The van der Waals surface area contributed by atoms with Gasteiger partial charge in [0, 0.05) is 61.3 Å². The van der Waals surface area contributed by atoms with E-state index in [9.17, 15) is 18.0 Å². The van der Waals surface area contributed by atoms with Gasteiger partial charge in [-0.3, -0.25) is 9.69 Å². The van der Waals surface area contributed by atoms with Crippen LogP contribution in [-0.4, -0.2) is 53.9 Å². The lowest BCUT2D eigenvalue weighted by Crippen LogP contribution is -2.44. The summed E-state index contributed by atoms with van der Waals surface area (Å²) in [6.07, 6.45) is -2.00. The number of amides is 1. The molecule has 1 atom stereocenters. The number of nitrogens with two attached hydrogens (primary N) is 1. The van der Waals surface area contributed by atoms with Crippen molar-refractivity contribution in [2.24, 2.45) is 0 Å². The number of aromatic nitrogens is 1. The third kappa shape index (κ3) is 7.66. The zero-order valence-electron chi connectivity index (χ0n) is 23.9. The molecule has 6 nitrogen and oxygen atoms in total. The molecular weight excluding hydrogens is 527 g/mol. The maximum absolute atomic E-state index is 14.0. The van der Waals surface area contributed by atoms with Crippen LogP contribution in [0.2, 0.25) is 0 Å². The largest absolute Gasteiger partial charge is 0.416 e. The van der Waals surface area contributed by atoms with Crippen LogP contribution in [0, 0.1) is 18.8 Å². The standard InChI is InChI=1S/C32H36F3N5O/c1-5-21(2)28-16-23(19-37-30(28)36)7-9-24-17-25(8-6-22(24)3)31(41)38-27-11-10-26(29(18-27)32(33,34)35)20-40-14-12-39(4)13-15-40/h6,8,10-11,16-19,21H,5,12-15,20H2,1-4H3,(H2,36,37)(H,38,41). The van der Waals surface area contributed by atoms with Crippen LogP contribution >= 0.6 is 0 Å². The molecule has 0 spiro atoms. The van der Waals surface area contributed by atoms with Gasteiger partial charge >= 0.3 is 6.18 Å². The number of carbonyl (C=O) groups is 1. The predicted molar refractivity (Wildman–Crippen MR) is 157 cm³/mol. The first-order valence-electron chi connectivity index (χ1n) is 13.7. The molecule has 9 heteroatoms. The summed E-state index contributed by atoms with van der Waals surface area (Å²) in [4.78, 5) is 21.5. The van der Waals surface area contributed by atoms with E-state index in [0.29, 0.717) is 35.6 Å². The lowest BCUT2D eigenvalue weighted by Gasteiger charge is -2.33. The molecule has 2 aromatic carbocycles. The van der Waals surface area contributed by atoms with Crippen LogP contribution in [-0.2, 0) is 12.7 Å². The number of hydrogen-bond acceptors (Lipinski definition) is 5. The van der Waals surface area contributed by atoms with Crippen molar-refractivity contribution in [2.45, 2.75) is 45.8 Å². The molecule has 0 bridgehead atoms. The molecule has 1 fully saturated rings. The molecule has 0 radical (unpaired) electrons. The second-order valence-electron chi connectivity index (χ2n) is 10.7. The molecular formula is C32H36F3N5O. The first kappa shape index (κ1) is 30.1. The number of anilines is 2. The molecule has 1 amide bonds. The number of alkyl halides is 3. The van der Waals surface area contributed by atoms with Crippen molar-refractivity contribution in [1.29, 1.82) is 0 Å². The molecule has 1 aliphatic heterocycles. The number of nitrogens with zero attached hydrogens (tertiary/aromatic N) is 3. The Balaban J connectivity index is 1.53. The lowest BCUT2D eigenvalue weighted by atomic mass is 9.98. The van der Waals surface area contributed by atoms with Gasteiger partial charge in [-0.2, -0.15) is 13.2 Å². The average Bonchev–Trinajstić information content (AvgIpc) is 2.94. The molecule has 0 aliphatic carbocycles. The van der Waals surface area contributed by atoms with Gasteiger partial charge in [-0.05, 0) is 73.3 Å². The number of carbonyl (C=O) groups excluding carboxylic acids is 1. The molecule has 1 unspecified atom stereocenters. The third-order valence-electron chi connectivity index (χ3n) is 7.60. The minimum Gasteiger partial charge on any atom is -0.383 e. The van der Waals surface area contributed by atoms with Crippen LogP contribution in [0.15, 0.2) is 48.7 Å². The maximum Gasteiger partial charge on any atom is 0.416 e. The number of aryl methyl sites for hydroxylation is 1. The molecule has 1 saturated heterocycles. The normalized spacial score (nSPS) is 15.2. The summed E-state index contributed by atoms with van der Waals surface area (Å²) in [6, 6.07) is 11.0.